The molecule has 0 saturated carbocycles. The molecule has 6 heteroatoms. The maximum Gasteiger partial charge on any atom is 0.191 e. The first-order valence-electron chi connectivity index (χ1n) is 8.33. The number of halogens is 1. The van der Waals surface area contributed by atoms with E-state index in [1.807, 2.05) is 16.9 Å². The molecule has 3 rings (SSSR count). The highest BCUT2D eigenvalue weighted by molar-refractivity contribution is 14.0. The van der Waals surface area contributed by atoms with Gasteiger partial charge in [-0.3, -0.25) is 4.99 Å². The van der Waals surface area contributed by atoms with Crippen LogP contribution in [0.5, 0.6) is 0 Å². The summed E-state index contributed by atoms with van der Waals surface area (Å²) in [5.74, 6) is 0.789. The summed E-state index contributed by atoms with van der Waals surface area (Å²) in [7, 11) is 1.78. The van der Waals surface area contributed by atoms with Crippen molar-refractivity contribution in [3.05, 3.63) is 83.7 Å². The lowest BCUT2D eigenvalue weighted by Gasteiger charge is -2.12. The van der Waals surface area contributed by atoms with Crippen LogP contribution in [0.3, 0.4) is 0 Å². The Kier molecular flexibility index (Phi) is 7.65. The zero-order valence-corrected chi connectivity index (χ0v) is 17.3. The summed E-state index contributed by atoms with van der Waals surface area (Å²) in [6.07, 6.45) is 3.71. The molecule has 0 saturated heterocycles. The Bertz CT molecular complexity index is 826. The van der Waals surface area contributed by atoms with E-state index in [1.165, 1.54) is 16.7 Å². The maximum atomic E-state index is 4.28. The van der Waals surface area contributed by atoms with E-state index in [4.69, 9.17) is 0 Å². The minimum Gasteiger partial charge on any atom is -0.352 e. The van der Waals surface area contributed by atoms with Gasteiger partial charge in [-0.15, -0.1) is 24.0 Å². The lowest BCUT2D eigenvalue weighted by Crippen LogP contribution is -2.36. The SMILES string of the molecule is CN=C(NCc1ccc(-n2cccn2)cc1)NCc1cccc(C)c1.I. The molecule has 0 radical (unpaired) electrons. The van der Waals surface area contributed by atoms with Gasteiger partial charge in [0.05, 0.1) is 5.69 Å². The highest BCUT2D eigenvalue weighted by Crippen LogP contribution is 2.08. The molecule has 0 fully saturated rings. The molecule has 3 aromatic rings. The number of aryl methyl sites for hydroxylation is 1. The van der Waals surface area contributed by atoms with Crippen LogP contribution in [0, 0.1) is 6.92 Å². The van der Waals surface area contributed by atoms with Gasteiger partial charge in [-0.05, 0) is 36.2 Å². The normalized spacial score (nSPS) is 10.9. The average molecular weight is 461 g/mol. The van der Waals surface area contributed by atoms with Crippen LogP contribution in [0.4, 0.5) is 0 Å². The van der Waals surface area contributed by atoms with Crippen molar-refractivity contribution < 1.29 is 0 Å². The summed E-state index contributed by atoms with van der Waals surface area (Å²) in [6.45, 7) is 3.57. The van der Waals surface area contributed by atoms with Crippen molar-refractivity contribution in [2.24, 2.45) is 4.99 Å². The van der Waals surface area contributed by atoms with Gasteiger partial charge >= 0.3 is 0 Å². The largest absolute Gasteiger partial charge is 0.352 e. The molecule has 0 aliphatic heterocycles. The lowest BCUT2D eigenvalue weighted by molar-refractivity contribution is 0.807. The summed E-state index contributed by atoms with van der Waals surface area (Å²) in [6, 6.07) is 18.7. The van der Waals surface area contributed by atoms with Crippen molar-refractivity contribution in [3.8, 4) is 5.69 Å². The van der Waals surface area contributed by atoms with E-state index in [2.05, 4.69) is 76.2 Å². The van der Waals surface area contributed by atoms with Crippen LogP contribution in [-0.2, 0) is 13.1 Å². The molecular formula is C20H24IN5. The fourth-order valence-corrected chi connectivity index (χ4v) is 2.60. The predicted octanol–water partition coefficient (Wildman–Crippen LogP) is 3.66. The number of hydrogen-bond donors (Lipinski definition) is 2. The predicted molar refractivity (Wildman–Crippen MR) is 117 cm³/mol. The van der Waals surface area contributed by atoms with Gasteiger partial charge in [0.2, 0.25) is 0 Å². The average Bonchev–Trinajstić information content (AvgIpc) is 3.17. The molecule has 0 bridgehead atoms. The Hall–Kier alpha value is -2.35. The van der Waals surface area contributed by atoms with Gasteiger partial charge in [-0.2, -0.15) is 5.10 Å². The van der Waals surface area contributed by atoms with E-state index >= 15 is 0 Å². The van der Waals surface area contributed by atoms with Crippen LogP contribution in [-0.4, -0.2) is 22.8 Å². The van der Waals surface area contributed by atoms with Crippen LogP contribution in [0.25, 0.3) is 5.69 Å². The van der Waals surface area contributed by atoms with Gasteiger partial charge in [0, 0.05) is 32.5 Å². The third-order valence-corrected chi connectivity index (χ3v) is 3.93. The number of hydrogen-bond acceptors (Lipinski definition) is 2. The Labute approximate surface area is 171 Å². The van der Waals surface area contributed by atoms with Gasteiger partial charge in [-0.1, -0.05) is 42.0 Å². The Balaban J connectivity index is 0.00000243. The van der Waals surface area contributed by atoms with Gasteiger partial charge in [0.1, 0.15) is 0 Å². The zero-order valence-electron chi connectivity index (χ0n) is 15.0. The molecule has 0 spiro atoms. The zero-order chi connectivity index (χ0) is 17.5. The smallest absolute Gasteiger partial charge is 0.191 e. The van der Waals surface area contributed by atoms with Crippen LogP contribution in [0.15, 0.2) is 72.0 Å². The molecule has 1 heterocycles. The minimum absolute atomic E-state index is 0. The Morgan fingerprint density at radius 1 is 1.00 bits per heavy atom. The van der Waals surface area contributed by atoms with Crippen molar-refractivity contribution >= 4 is 29.9 Å². The monoisotopic (exact) mass is 461 g/mol. The van der Waals surface area contributed by atoms with Crippen molar-refractivity contribution in [1.82, 2.24) is 20.4 Å². The quantitative estimate of drug-likeness (QED) is 0.347. The molecule has 26 heavy (non-hydrogen) atoms. The molecule has 0 aliphatic rings. The number of guanidine groups is 1. The number of benzene rings is 2. The van der Waals surface area contributed by atoms with E-state index in [0.717, 1.165) is 18.2 Å². The third-order valence-electron chi connectivity index (χ3n) is 3.93. The van der Waals surface area contributed by atoms with E-state index in [9.17, 15) is 0 Å². The van der Waals surface area contributed by atoms with Crippen molar-refractivity contribution in [2.45, 2.75) is 20.0 Å². The summed E-state index contributed by atoms with van der Waals surface area (Å²) in [4.78, 5) is 4.28. The molecule has 0 aliphatic carbocycles. The molecular weight excluding hydrogens is 437 g/mol. The van der Waals surface area contributed by atoms with Gasteiger partial charge in [-0.25, -0.2) is 4.68 Å². The topological polar surface area (TPSA) is 54.2 Å². The molecule has 136 valence electrons. The van der Waals surface area contributed by atoms with Gasteiger partial charge in [0.25, 0.3) is 0 Å². The number of aromatic nitrogens is 2. The minimum atomic E-state index is 0. The van der Waals surface area contributed by atoms with Crippen molar-refractivity contribution in [3.63, 3.8) is 0 Å². The number of aliphatic imine (C=N–C) groups is 1. The fraction of sp³-hybridized carbons (Fsp3) is 0.200. The Morgan fingerprint density at radius 3 is 2.35 bits per heavy atom. The third kappa shape index (κ3) is 5.59. The summed E-state index contributed by atoms with van der Waals surface area (Å²) < 4.78 is 1.85. The summed E-state index contributed by atoms with van der Waals surface area (Å²) >= 11 is 0. The van der Waals surface area contributed by atoms with Gasteiger partial charge < -0.3 is 10.6 Å². The molecule has 2 aromatic carbocycles. The first-order valence-corrected chi connectivity index (χ1v) is 8.33. The highest BCUT2D eigenvalue weighted by atomic mass is 127. The fourth-order valence-electron chi connectivity index (χ4n) is 2.60. The molecule has 2 N–H and O–H groups in total. The molecule has 5 nitrogen and oxygen atoms in total. The number of rotatable bonds is 5. The highest BCUT2D eigenvalue weighted by Gasteiger charge is 2.01. The first kappa shape index (κ1) is 20.0. The van der Waals surface area contributed by atoms with Crippen LogP contribution in [0.1, 0.15) is 16.7 Å². The second kappa shape index (κ2) is 9.96. The summed E-state index contributed by atoms with van der Waals surface area (Å²) in [5, 5.41) is 10.9. The van der Waals surface area contributed by atoms with Crippen LogP contribution < -0.4 is 10.6 Å². The standard InChI is InChI=1S/C20H23N5.HI/c1-16-5-3-6-18(13-16)15-23-20(21-2)22-14-17-7-9-19(10-8-17)25-12-4-11-24-25;/h3-13H,14-15H2,1-2H3,(H2,21,22,23);1H. The van der Waals surface area contributed by atoms with Crippen LogP contribution in [0.2, 0.25) is 0 Å². The number of nitrogens with zero attached hydrogens (tertiary/aromatic N) is 3. The van der Waals surface area contributed by atoms with E-state index < -0.39 is 0 Å². The molecule has 1 aromatic heterocycles. The van der Waals surface area contributed by atoms with Crippen molar-refractivity contribution in [1.29, 1.82) is 0 Å². The maximum absolute atomic E-state index is 4.28. The van der Waals surface area contributed by atoms with E-state index in [-0.39, 0.29) is 24.0 Å². The van der Waals surface area contributed by atoms with Crippen LogP contribution >= 0.6 is 24.0 Å². The number of nitrogens with one attached hydrogen (secondary N) is 2. The summed E-state index contributed by atoms with van der Waals surface area (Å²) in [5.41, 5.74) is 4.75. The lowest BCUT2D eigenvalue weighted by atomic mass is 10.1. The first-order chi connectivity index (χ1) is 12.2. The molecule has 0 amide bonds. The Morgan fingerprint density at radius 2 is 1.73 bits per heavy atom. The van der Waals surface area contributed by atoms with Gasteiger partial charge in [0.15, 0.2) is 5.96 Å². The van der Waals surface area contributed by atoms with E-state index in [0.29, 0.717) is 6.54 Å². The molecule has 0 unspecified atom stereocenters. The molecule has 0 atom stereocenters. The second-order valence-corrected chi connectivity index (χ2v) is 5.89. The second-order valence-electron chi connectivity index (χ2n) is 5.89. The van der Waals surface area contributed by atoms with Crippen molar-refractivity contribution in [2.75, 3.05) is 7.05 Å². The van der Waals surface area contributed by atoms with E-state index in [1.54, 1.807) is 13.2 Å².